The Kier molecular flexibility index (Phi) is 15.0. The summed E-state index contributed by atoms with van der Waals surface area (Å²) in [5, 5.41) is 9.83. The minimum absolute atomic E-state index is 0.0255. The van der Waals surface area contributed by atoms with Crippen LogP contribution in [0.15, 0.2) is 358 Å². The molecule has 0 fully saturated rings. The van der Waals surface area contributed by atoms with Crippen molar-refractivity contribution in [1.82, 2.24) is 0 Å². The van der Waals surface area contributed by atoms with Crippen LogP contribution >= 0.6 is 0 Å². The van der Waals surface area contributed by atoms with Crippen LogP contribution in [0.1, 0.15) is 76.8 Å². The quantitative estimate of drug-likeness (QED) is 0.111. The van der Waals surface area contributed by atoms with Gasteiger partial charge in [0.15, 0.2) is 0 Å². The molecule has 3 aliphatic carbocycles. The highest BCUT2D eigenvalue weighted by Crippen LogP contribution is 2.59. The van der Waals surface area contributed by atoms with E-state index >= 15 is 0 Å². The molecule has 0 aliphatic heterocycles. The summed E-state index contributed by atoms with van der Waals surface area (Å²) in [6, 6.07) is 131. The van der Waals surface area contributed by atoms with Gasteiger partial charge in [-0.05, 0) is 237 Å². The summed E-state index contributed by atoms with van der Waals surface area (Å²) in [5.74, 6) is 1.71. The number of nitrogens with zero attached hydrogens (tertiary/aromatic N) is 2. The molecule has 0 bridgehead atoms. The molecule has 15 aromatic rings. The maximum atomic E-state index is 9.83. The second-order valence-corrected chi connectivity index (χ2v) is 27.6. The van der Waals surface area contributed by atoms with Gasteiger partial charge in [0.05, 0.1) is 12.0 Å². The number of hydrogen-bond acceptors (Lipinski definition) is 4. The lowest BCUT2D eigenvalue weighted by atomic mass is 9.67. The van der Waals surface area contributed by atoms with Crippen LogP contribution in [0.25, 0.3) is 77.9 Å². The molecule has 0 spiro atoms. The third kappa shape index (κ3) is 10.5. The van der Waals surface area contributed by atoms with Gasteiger partial charge in [0, 0.05) is 45.5 Å². The number of aliphatic hydroxyl groups excluding tert-OH is 1. The van der Waals surface area contributed by atoms with Gasteiger partial charge in [-0.15, -0.1) is 0 Å². The van der Waals surface area contributed by atoms with Crippen LogP contribution in [0, 0.1) is 0 Å². The zero-order chi connectivity index (χ0) is 67.8. The van der Waals surface area contributed by atoms with E-state index in [0.29, 0.717) is 5.75 Å². The Balaban J connectivity index is 0.743. The van der Waals surface area contributed by atoms with Gasteiger partial charge in [0.1, 0.15) is 11.5 Å². The first-order chi connectivity index (χ1) is 49.7. The minimum atomic E-state index is -0.754. The highest BCUT2D eigenvalue weighted by Gasteiger charge is 2.47. The lowest BCUT2D eigenvalue weighted by Crippen LogP contribution is -2.28. The SMILES string of the molecule is CC1c2ccccc2-c2ccc(N(c3ccc(-c4ccccc4)cc3)c3ccc(-c4ccc5c(c4)C(c4ccccc4)(c4ccc(Oc6ccc(CO)cc6)cc4)c4cc(-c6ccc(N(c7ccc(-c8ccccc8)cc7)c7ccc8c(c7)C(C)(C)c7ccccc7-8)cc6)ccc4-5)cc3)cc21. The molecule has 1 N–H and O–H groups in total. The maximum absolute atomic E-state index is 9.83. The van der Waals surface area contributed by atoms with Gasteiger partial charge in [-0.25, -0.2) is 0 Å². The van der Waals surface area contributed by atoms with Crippen molar-refractivity contribution < 1.29 is 9.84 Å². The number of anilines is 6. The Morgan fingerprint density at radius 1 is 0.287 bits per heavy atom. The van der Waals surface area contributed by atoms with E-state index in [-0.39, 0.29) is 17.9 Å². The summed E-state index contributed by atoms with van der Waals surface area (Å²) >= 11 is 0. The van der Waals surface area contributed by atoms with Crippen molar-refractivity contribution in [2.24, 2.45) is 0 Å². The molecule has 4 heteroatoms. The third-order valence-electron chi connectivity index (χ3n) is 21.7. The molecule has 0 amide bonds. The lowest BCUT2D eigenvalue weighted by Gasteiger charge is -2.34. The average Bonchev–Trinajstić information content (AvgIpc) is 1.54. The normalized spacial score (nSPS) is 14.8. The zero-order valence-corrected chi connectivity index (χ0v) is 56.6. The summed E-state index contributed by atoms with van der Waals surface area (Å²) in [4.78, 5) is 4.82. The van der Waals surface area contributed by atoms with Crippen molar-refractivity contribution in [3.05, 3.63) is 408 Å². The predicted molar refractivity (Wildman–Crippen MR) is 418 cm³/mol. The fourth-order valence-electron chi connectivity index (χ4n) is 16.5. The molecular weight excluding hydrogens is 1230 g/mol. The number of aliphatic hydroxyl groups is 1. The van der Waals surface area contributed by atoms with E-state index in [9.17, 15) is 5.11 Å². The van der Waals surface area contributed by atoms with E-state index in [1.165, 1.54) is 94.6 Å². The van der Waals surface area contributed by atoms with Crippen LogP contribution < -0.4 is 14.5 Å². The average molecular weight is 1300 g/mol. The van der Waals surface area contributed by atoms with Gasteiger partial charge < -0.3 is 19.6 Å². The molecule has 0 radical (unpaired) electrons. The fourth-order valence-corrected chi connectivity index (χ4v) is 16.5. The summed E-state index contributed by atoms with van der Waals surface area (Å²) in [7, 11) is 0. The molecule has 18 rings (SSSR count). The first kappa shape index (κ1) is 61.0. The van der Waals surface area contributed by atoms with Gasteiger partial charge in [-0.1, -0.05) is 269 Å². The molecule has 101 heavy (non-hydrogen) atoms. The van der Waals surface area contributed by atoms with Crippen molar-refractivity contribution in [3.8, 4) is 89.4 Å². The Bertz CT molecular complexity index is 5590. The van der Waals surface area contributed by atoms with E-state index in [2.05, 4.69) is 364 Å². The van der Waals surface area contributed by atoms with Crippen LogP contribution in [-0.2, 0) is 17.4 Å². The largest absolute Gasteiger partial charge is 0.457 e. The Labute approximate surface area is 591 Å². The molecule has 15 aromatic carbocycles. The van der Waals surface area contributed by atoms with Crippen molar-refractivity contribution in [1.29, 1.82) is 0 Å². The van der Waals surface area contributed by atoms with Crippen molar-refractivity contribution in [2.45, 2.75) is 44.1 Å². The molecular formula is C97H72N2O2. The van der Waals surface area contributed by atoms with Gasteiger partial charge in [-0.3, -0.25) is 0 Å². The summed E-state index contributed by atoms with van der Waals surface area (Å²) in [5.41, 5.74) is 33.5. The minimum Gasteiger partial charge on any atom is -0.457 e. The molecule has 482 valence electrons. The van der Waals surface area contributed by atoms with Gasteiger partial charge in [0.2, 0.25) is 0 Å². The van der Waals surface area contributed by atoms with E-state index in [1.807, 2.05) is 24.3 Å². The molecule has 0 saturated carbocycles. The number of ether oxygens (including phenoxy) is 1. The van der Waals surface area contributed by atoms with E-state index in [1.54, 1.807) is 0 Å². The van der Waals surface area contributed by atoms with Crippen LogP contribution in [0.3, 0.4) is 0 Å². The molecule has 2 atom stereocenters. The molecule has 2 unspecified atom stereocenters. The standard InChI is InChI=1S/C97H72N2O2/c1-64-84-23-13-14-24-85(84)86-57-49-80(61-91(64)86)98(76-41-29-68(30-42-76)66-17-7-4-8-18-66)77-45-33-70(34-46-77)72-37-55-89-90-56-38-73(60-95(90)97(94(89)59-72,74-21-11-6-12-22-74)75-39-53-83(54-40-75)101-82-51-27-65(63-100)28-52-82)71-35-47-79(48-36-71)99(78-43-31-69(32-44-78)67-19-9-5-10-20-67)81-50-58-88-87-25-15-16-26-92(87)96(2,3)93(88)62-81/h4-62,64,100H,63H2,1-3H3. The Morgan fingerprint density at radius 3 is 1.16 bits per heavy atom. The van der Waals surface area contributed by atoms with Crippen LogP contribution in [0.5, 0.6) is 11.5 Å². The number of fused-ring (bicyclic) bond motifs is 9. The first-order valence-electron chi connectivity index (χ1n) is 35.1. The molecule has 3 aliphatic rings. The monoisotopic (exact) mass is 1300 g/mol. The van der Waals surface area contributed by atoms with Crippen molar-refractivity contribution >= 4 is 34.1 Å². The Morgan fingerprint density at radius 2 is 0.644 bits per heavy atom. The summed E-state index contributed by atoms with van der Waals surface area (Å²) in [6.45, 7) is 7.02. The van der Waals surface area contributed by atoms with Crippen molar-refractivity contribution in [2.75, 3.05) is 9.80 Å². The van der Waals surface area contributed by atoms with E-state index < -0.39 is 5.41 Å². The van der Waals surface area contributed by atoms with Crippen LogP contribution in [0.2, 0.25) is 0 Å². The van der Waals surface area contributed by atoms with Gasteiger partial charge in [-0.2, -0.15) is 0 Å². The van der Waals surface area contributed by atoms with E-state index in [4.69, 9.17) is 4.74 Å². The molecule has 0 aromatic heterocycles. The highest BCUT2D eigenvalue weighted by atomic mass is 16.5. The van der Waals surface area contributed by atoms with Gasteiger partial charge in [0.25, 0.3) is 0 Å². The third-order valence-corrected chi connectivity index (χ3v) is 21.7. The molecule has 0 heterocycles. The zero-order valence-electron chi connectivity index (χ0n) is 56.6. The molecule has 4 nitrogen and oxygen atoms in total. The highest BCUT2D eigenvalue weighted by molar-refractivity contribution is 5.93. The number of hydrogen-bond donors (Lipinski definition) is 1. The maximum Gasteiger partial charge on any atom is 0.127 e. The van der Waals surface area contributed by atoms with Gasteiger partial charge >= 0.3 is 0 Å². The fraction of sp³-hybridized carbons (Fsp3) is 0.0722. The van der Waals surface area contributed by atoms with Crippen LogP contribution in [0.4, 0.5) is 34.1 Å². The second kappa shape index (κ2) is 24.9. The van der Waals surface area contributed by atoms with E-state index in [0.717, 1.165) is 73.3 Å². The van der Waals surface area contributed by atoms with Crippen molar-refractivity contribution in [3.63, 3.8) is 0 Å². The second-order valence-electron chi connectivity index (χ2n) is 27.6. The number of benzene rings is 15. The Hall–Kier alpha value is -12.3. The first-order valence-corrected chi connectivity index (χ1v) is 35.1. The molecule has 0 saturated heterocycles. The summed E-state index contributed by atoms with van der Waals surface area (Å²) in [6.07, 6.45) is 0. The predicted octanol–water partition coefficient (Wildman–Crippen LogP) is 25.4. The lowest BCUT2D eigenvalue weighted by molar-refractivity contribution is 0.281. The smallest absolute Gasteiger partial charge is 0.127 e. The summed E-state index contributed by atoms with van der Waals surface area (Å²) < 4.78 is 6.53. The van der Waals surface area contributed by atoms with Crippen LogP contribution in [-0.4, -0.2) is 5.11 Å². The number of rotatable bonds is 15. The topological polar surface area (TPSA) is 35.9 Å².